The van der Waals surface area contributed by atoms with Crippen molar-refractivity contribution in [2.45, 2.75) is 52.4 Å². The highest BCUT2D eigenvalue weighted by atomic mass is 16.6. The largest absolute Gasteiger partial charge is 0.493 e. The zero-order valence-electron chi connectivity index (χ0n) is 20.9. The van der Waals surface area contributed by atoms with Gasteiger partial charge in [-0.25, -0.2) is 9.59 Å². The number of benzene rings is 2. The lowest BCUT2D eigenvalue weighted by Gasteiger charge is -2.41. The highest BCUT2D eigenvalue weighted by Crippen LogP contribution is 2.22. The maximum absolute atomic E-state index is 12.9. The van der Waals surface area contributed by atoms with E-state index in [9.17, 15) is 14.4 Å². The van der Waals surface area contributed by atoms with E-state index in [-0.39, 0.29) is 25.0 Å². The highest BCUT2D eigenvalue weighted by Gasteiger charge is 2.35. The van der Waals surface area contributed by atoms with E-state index >= 15 is 0 Å². The van der Waals surface area contributed by atoms with Crippen molar-refractivity contribution in [3.8, 4) is 5.75 Å². The molecule has 2 aromatic carbocycles. The molecular formula is C27H34N2O6. The molecule has 0 bridgehead atoms. The van der Waals surface area contributed by atoms with Gasteiger partial charge in [-0.1, -0.05) is 42.5 Å². The summed E-state index contributed by atoms with van der Waals surface area (Å²) in [7, 11) is 0. The molecule has 8 nitrogen and oxygen atoms in total. The van der Waals surface area contributed by atoms with Gasteiger partial charge in [0.05, 0.1) is 18.2 Å². The predicted molar refractivity (Wildman–Crippen MR) is 131 cm³/mol. The molecule has 1 heterocycles. The standard InChI is InChI=1S/C27H34N2O6/c1-20(30)23-12-8-9-13-24(23)33-17-14-22-18-28(15-16-29(22)26(32)35-27(2,3)4)25(31)34-19-21-10-6-5-7-11-21/h5-13,22H,14-19H2,1-4H3/t22-/m1/s1. The van der Waals surface area contributed by atoms with E-state index in [0.717, 1.165) is 5.56 Å². The Morgan fingerprint density at radius 2 is 1.63 bits per heavy atom. The molecule has 188 valence electrons. The number of piperazine rings is 1. The summed E-state index contributed by atoms with van der Waals surface area (Å²) in [6.45, 7) is 8.36. The normalized spacial score (nSPS) is 15.9. The van der Waals surface area contributed by atoms with E-state index in [0.29, 0.717) is 37.4 Å². The number of hydrogen-bond donors (Lipinski definition) is 0. The minimum atomic E-state index is -0.635. The van der Waals surface area contributed by atoms with Crippen LogP contribution in [0, 0.1) is 0 Å². The number of nitrogens with zero attached hydrogens (tertiary/aromatic N) is 2. The Kier molecular flexibility index (Phi) is 8.73. The lowest BCUT2D eigenvalue weighted by Crippen LogP contribution is -2.57. The minimum Gasteiger partial charge on any atom is -0.493 e. The molecule has 0 radical (unpaired) electrons. The van der Waals surface area contributed by atoms with Gasteiger partial charge in [0.2, 0.25) is 0 Å². The van der Waals surface area contributed by atoms with E-state index in [1.165, 1.54) is 6.92 Å². The van der Waals surface area contributed by atoms with Crippen LogP contribution in [-0.2, 0) is 16.1 Å². The first-order chi connectivity index (χ1) is 16.6. The molecule has 1 fully saturated rings. The SMILES string of the molecule is CC(=O)c1ccccc1OCC[C@@H]1CN(C(=O)OCc2ccccc2)CCN1C(=O)OC(C)(C)C. The summed E-state index contributed by atoms with van der Waals surface area (Å²) < 4.78 is 17.0. The molecule has 0 unspecified atom stereocenters. The molecule has 8 heteroatoms. The maximum Gasteiger partial charge on any atom is 0.410 e. The van der Waals surface area contributed by atoms with Gasteiger partial charge in [-0.2, -0.15) is 0 Å². The van der Waals surface area contributed by atoms with Crippen molar-refractivity contribution >= 4 is 18.0 Å². The van der Waals surface area contributed by atoms with Crippen LogP contribution in [0.2, 0.25) is 0 Å². The van der Waals surface area contributed by atoms with E-state index in [2.05, 4.69) is 0 Å². The number of ketones is 1. The molecule has 0 N–H and O–H groups in total. The highest BCUT2D eigenvalue weighted by molar-refractivity contribution is 5.96. The number of carbonyl (C=O) groups is 3. The van der Waals surface area contributed by atoms with Crippen LogP contribution in [-0.4, -0.2) is 65.7 Å². The average Bonchev–Trinajstić information content (AvgIpc) is 2.82. The summed E-state index contributed by atoms with van der Waals surface area (Å²) in [6, 6.07) is 16.2. The minimum absolute atomic E-state index is 0.0824. The van der Waals surface area contributed by atoms with Crippen molar-refractivity contribution < 1.29 is 28.6 Å². The number of para-hydroxylation sites is 1. The van der Waals surface area contributed by atoms with Crippen molar-refractivity contribution in [2.75, 3.05) is 26.2 Å². The Balaban J connectivity index is 1.65. The molecule has 0 aliphatic carbocycles. The van der Waals surface area contributed by atoms with Crippen molar-refractivity contribution in [3.05, 3.63) is 65.7 Å². The smallest absolute Gasteiger partial charge is 0.410 e. The number of ether oxygens (including phenoxy) is 3. The van der Waals surface area contributed by atoms with Gasteiger partial charge in [-0.15, -0.1) is 0 Å². The summed E-state index contributed by atoms with van der Waals surface area (Å²) in [4.78, 5) is 40.7. The first-order valence-electron chi connectivity index (χ1n) is 11.8. The van der Waals surface area contributed by atoms with E-state index in [1.54, 1.807) is 34.1 Å². The molecule has 1 aliphatic rings. The summed E-state index contributed by atoms with van der Waals surface area (Å²) in [5, 5.41) is 0. The molecule has 0 aromatic heterocycles. The quantitative estimate of drug-likeness (QED) is 0.521. The van der Waals surface area contributed by atoms with Gasteiger partial charge in [0.25, 0.3) is 0 Å². The Bertz CT molecular complexity index is 1020. The molecular weight excluding hydrogens is 448 g/mol. The molecule has 1 atom stereocenters. The van der Waals surface area contributed by atoms with Gasteiger partial charge in [0.15, 0.2) is 5.78 Å². The summed E-state index contributed by atoms with van der Waals surface area (Å²) in [5.41, 5.74) is 0.776. The fraction of sp³-hybridized carbons (Fsp3) is 0.444. The Morgan fingerprint density at radius 1 is 0.943 bits per heavy atom. The molecule has 1 aliphatic heterocycles. The summed E-state index contributed by atoms with van der Waals surface area (Å²) in [5.74, 6) is 0.416. The number of amides is 2. The average molecular weight is 483 g/mol. The fourth-order valence-corrected chi connectivity index (χ4v) is 3.83. The lowest BCUT2D eigenvalue weighted by atomic mass is 10.1. The van der Waals surface area contributed by atoms with Crippen LogP contribution >= 0.6 is 0 Å². The number of hydrogen-bond acceptors (Lipinski definition) is 6. The van der Waals surface area contributed by atoms with E-state index in [1.807, 2.05) is 51.1 Å². The first-order valence-corrected chi connectivity index (χ1v) is 11.8. The van der Waals surface area contributed by atoms with E-state index in [4.69, 9.17) is 14.2 Å². The van der Waals surface area contributed by atoms with Gasteiger partial charge in [-0.05, 0) is 45.4 Å². The zero-order chi connectivity index (χ0) is 25.4. The Hall–Kier alpha value is -3.55. The van der Waals surface area contributed by atoms with Gasteiger partial charge in [0.1, 0.15) is 18.0 Å². The topological polar surface area (TPSA) is 85.4 Å². The molecule has 0 saturated carbocycles. The Morgan fingerprint density at radius 3 is 2.31 bits per heavy atom. The van der Waals surface area contributed by atoms with E-state index < -0.39 is 17.8 Å². The second-order valence-electron chi connectivity index (χ2n) is 9.50. The van der Waals surface area contributed by atoms with Crippen LogP contribution in [0.5, 0.6) is 5.75 Å². The number of rotatable bonds is 7. The van der Waals surface area contributed by atoms with Crippen LogP contribution in [0.15, 0.2) is 54.6 Å². The first kappa shape index (κ1) is 26.1. The molecule has 3 rings (SSSR count). The fourth-order valence-electron chi connectivity index (χ4n) is 3.83. The zero-order valence-corrected chi connectivity index (χ0v) is 20.9. The third-order valence-corrected chi connectivity index (χ3v) is 5.55. The van der Waals surface area contributed by atoms with Crippen LogP contribution in [0.1, 0.15) is 50.0 Å². The van der Waals surface area contributed by atoms with Gasteiger partial charge < -0.3 is 24.0 Å². The Labute approximate surface area is 206 Å². The van der Waals surface area contributed by atoms with Gasteiger partial charge >= 0.3 is 12.2 Å². The van der Waals surface area contributed by atoms with Crippen molar-refractivity contribution in [1.82, 2.24) is 9.80 Å². The second-order valence-corrected chi connectivity index (χ2v) is 9.50. The third kappa shape index (κ3) is 7.73. The lowest BCUT2D eigenvalue weighted by molar-refractivity contribution is -0.00614. The van der Waals surface area contributed by atoms with Crippen LogP contribution < -0.4 is 4.74 Å². The molecule has 35 heavy (non-hydrogen) atoms. The molecule has 1 saturated heterocycles. The monoisotopic (exact) mass is 482 g/mol. The van der Waals surface area contributed by atoms with Crippen molar-refractivity contribution in [3.63, 3.8) is 0 Å². The van der Waals surface area contributed by atoms with Crippen LogP contribution in [0.25, 0.3) is 0 Å². The third-order valence-electron chi connectivity index (χ3n) is 5.55. The van der Waals surface area contributed by atoms with Gasteiger partial charge in [-0.3, -0.25) is 4.79 Å². The predicted octanol–water partition coefficient (Wildman–Crippen LogP) is 4.92. The summed E-state index contributed by atoms with van der Waals surface area (Å²) >= 11 is 0. The summed E-state index contributed by atoms with van der Waals surface area (Å²) in [6.07, 6.45) is -0.400. The van der Waals surface area contributed by atoms with Crippen molar-refractivity contribution in [2.24, 2.45) is 0 Å². The second kappa shape index (κ2) is 11.7. The molecule has 0 spiro atoms. The number of Topliss-reactive ketones (excluding diaryl/α,β-unsaturated/α-hetero) is 1. The van der Waals surface area contributed by atoms with Crippen molar-refractivity contribution in [1.29, 1.82) is 0 Å². The molecule has 2 amide bonds. The van der Waals surface area contributed by atoms with Crippen LogP contribution in [0.3, 0.4) is 0 Å². The molecule has 2 aromatic rings. The maximum atomic E-state index is 12.9. The van der Waals surface area contributed by atoms with Crippen LogP contribution in [0.4, 0.5) is 9.59 Å². The van der Waals surface area contributed by atoms with Gasteiger partial charge in [0, 0.05) is 26.1 Å². The number of carbonyl (C=O) groups excluding carboxylic acids is 3.